The molecule has 1 saturated heterocycles. The van der Waals surface area contributed by atoms with E-state index in [0.717, 1.165) is 36.3 Å². The van der Waals surface area contributed by atoms with Gasteiger partial charge in [0.25, 0.3) is 5.91 Å². The molecule has 1 amide bonds. The Morgan fingerprint density at radius 3 is 2.48 bits per heavy atom. The second-order valence-electron chi connectivity index (χ2n) is 7.99. The number of alkyl halides is 3. The smallest absolute Gasteiger partial charge is 0.416 e. The zero-order valence-corrected chi connectivity index (χ0v) is 18.5. The lowest BCUT2D eigenvalue weighted by Crippen LogP contribution is -2.39. The average molecular weight is 475 g/mol. The van der Waals surface area contributed by atoms with E-state index in [2.05, 4.69) is 4.98 Å². The Balaban J connectivity index is 1.55. The van der Waals surface area contributed by atoms with Crippen molar-refractivity contribution in [3.63, 3.8) is 0 Å². The normalized spacial score (nSPS) is 16.6. The molecule has 5 nitrogen and oxygen atoms in total. The van der Waals surface area contributed by atoms with E-state index >= 15 is 0 Å². The van der Waals surface area contributed by atoms with Gasteiger partial charge in [0, 0.05) is 24.6 Å². The molecule has 0 radical (unpaired) electrons. The summed E-state index contributed by atoms with van der Waals surface area (Å²) in [6.07, 6.45) is -2.89. The van der Waals surface area contributed by atoms with Gasteiger partial charge in [-0.2, -0.15) is 13.2 Å². The predicted octanol–water partition coefficient (Wildman–Crippen LogP) is 5.86. The number of nitrogens with zero attached hydrogens (tertiary/aromatic N) is 2. The van der Waals surface area contributed by atoms with Crippen LogP contribution in [0.1, 0.15) is 55.6 Å². The molecule has 33 heavy (non-hydrogen) atoms. The van der Waals surface area contributed by atoms with Crippen molar-refractivity contribution in [3.05, 3.63) is 75.8 Å². The SMILES string of the molecule is Cc1nc(-c2ccc(C(F)(F)F)cc2)sc1C(=O)N1CCCC(c2ccccc2C(=O)O)C1. The number of hydrogen-bond acceptors (Lipinski definition) is 4. The molecule has 172 valence electrons. The number of thiazole rings is 1. The number of amides is 1. The second kappa shape index (κ2) is 8.97. The standard InChI is InChI=1S/C24H21F3N2O3S/c1-14-20(33-21(28-14)15-8-10-17(11-9-15)24(25,26)27)22(30)29-12-4-5-16(13-29)18-6-2-3-7-19(18)23(31)32/h2-3,6-11,16H,4-5,12-13H2,1H3,(H,31,32). The van der Waals surface area contributed by atoms with Crippen molar-refractivity contribution in [2.75, 3.05) is 13.1 Å². The third kappa shape index (κ3) is 4.78. The van der Waals surface area contributed by atoms with Gasteiger partial charge in [-0.25, -0.2) is 9.78 Å². The number of hydrogen-bond donors (Lipinski definition) is 1. The largest absolute Gasteiger partial charge is 0.478 e. The first-order valence-electron chi connectivity index (χ1n) is 10.4. The Morgan fingerprint density at radius 2 is 1.82 bits per heavy atom. The third-order valence-electron chi connectivity index (χ3n) is 5.79. The van der Waals surface area contributed by atoms with E-state index in [1.165, 1.54) is 12.1 Å². The minimum Gasteiger partial charge on any atom is -0.478 e. The van der Waals surface area contributed by atoms with Gasteiger partial charge < -0.3 is 10.0 Å². The Labute approximate surface area is 192 Å². The van der Waals surface area contributed by atoms with Gasteiger partial charge in [0.2, 0.25) is 0 Å². The van der Waals surface area contributed by atoms with Crippen molar-refractivity contribution in [3.8, 4) is 10.6 Å². The maximum atomic E-state index is 13.3. The van der Waals surface area contributed by atoms with E-state index in [-0.39, 0.29) is 17.4 Å². The number of likely N-dealkylation sites (tertiary alicyclic amines) is 1. The average Bonchev–Trinajstić information content (AvgIpc) is 3.19. The van der Waals surface area contributed by atoms with Crippen LogP contribution in [0.25, 0.3) is 10.6 Å². The molecule has 1 unspecified atom stereocenters. The quantitative estimate of drug-likeness (QED) is 0.515. The summed E-state index contributed by atoms with van der Waals surface area (Å²) < 4.78 is 38.5. The number of carbonyl (C=O) groups excluding carboxylic acids is 1. The molecule has 0 bridgehead atoms. The highest BCUT2D eigenvalue weighted by Crippen LogP contribution is 2.35. The molecule has 0 saturated carbocycles. The molecular weight excluding hydrogens is 453 g/mol. The van der Waals surface area contributed by atoms with Crippen LogP contribution in [-0.2, 0) is 6.18 Å². The predicted molar refractivity (Wildman–Crippen MR) is 119 cm³/mol. The minimum absolute atomic E-state index is 0.0855. The number of halogens is 3. The summed E-state index contributed by atoms with van der Waals surface area (Å²) in [6.45, 7) is 2.66. The van der Waals surface area contributed by atoms with E-state index in [4.69, 9.17) is 0 Å². The first-order valence-corrected chi connectivity index (χ1v) is 11.2. The van der Waals surface area contributed by atoms with Crippen LogP contribution in [0.15, 0.2) is 48.5 Å². The summed E-state index contributed by atoms with van der Waals surface area (Å²) in [5, 5.41) is 9.99. The molecule has 3 aromatic rings. The third-order valence-corrected chi connectivity index (χ3v) is 6.98. The molecular formula is C24H21F3N2O3S. The Kier molecular flexibility index (Phi) is 6.25. The van der Waals surface area contributed by atoms with Crippen molar-refractivity contribution in [1.82, 2.24) is 9.88 Å². The number of carbonyl (C=O) groups is 2. The highest BCUT2D eigenvalue weighted by molar-refractivity contribution is 7.17. The lowest BCUT2D eigenvalue weighted by atomic mass is 9.87. The van der Waals surface area contributed by atoms with Gasteiger partial charge in [0.15, 0.2) is 0 Å². The molecule has 1 aliphatic rings. The van der Waals surface area contributed by atoms with E-state index in [1.54, 1.807) is 36.1 Å². The van der Waals surface area contributed by atoms with E-state index in [9.17, 15) is 27.9 Å². The van der Waals surface area contributed by atoms with Crippen molar-refractivity contribution in [2.45, 2.75) is 31.9 Å². The molecule has 0 spiro atoms. The van der Waals surface area contributed by atoms with Crippen LogP contribution < -0.4 is 0 Å². The van der Waals surface area contributed by atoms with Crippen LogP contribution in [-0.4, -0.2) is 40.0 Å². The first kappa shape index (κ1) is 23.0. The summed E-state index contributed by atoms with van der Waals surface area (Å²) in [6, 6.07) is 11.6. The molecule has 0 aliphatic carbocycles. The van der Waals surface area contributed by atoms with Crippen molar-refractivity contribution in [2.24, 2.45) is 0 Å². The first-order chi connectivity index (χ1) is 15.6. The molecule has 1 aliphatic heterocycles. The molecule has 2 aromatic carbocycles. The fourth-order valence-electron chi connectivity index (χ4n) is 4.13. The fourth-order valence-corrected chi connectivity index (χ4v) is 5.17. The number of rotatable bonds is 4. The summed E-state index contributed by atoms with van der Waals surface area (Å²) in [5.74, 6) is -1.27. The molecule has 4 rings (SSSR count). The summed E-state index contributed by atoms with van der Waals surface area (Å²) in [7, 11) is 0. The lowest BCUT2D eigenvalue weighted by molar-refractivity contribution is -0.137. The zero-order chi connectivity index (χ0) is 23.8. The van der Waals surface area contributed by atoms with Crippen molar-refractivity contribution in [1.29, 1.82) is 0 Å². The van der Waals surface area contributed by atoms with Crippen LogP contribution in [0.5, 0.6) is 0 Å². The van der Waals surface area contributed by atoms with Crippen LogP contribution >= 0.6 is 11.3 Å². The lowest BCUT2D eigenvalue weighted by Gasteiger charge is -2.33. The van der Waals surface area contributed by atoms with Gasteiger partial charge in [0.1, 0.15) is 9.88 Å². The van der Waals surface area contributed by atoms with Gasteiger partial charge in [-0.15, -0.1) is 11.3 Å². The number of piperidine rings is 1. The van der Waals surface area contributed by atoms with Crippen LogP contribution in [0.2, 0.25) is 0 Å². The van der Waals surface area contributed by atoms with Gasteiger partial charge in [0.05, 0.1) is 16.8 Å². The number of aromatic carboxylic acids is 1. The van der Waals surface area contributed by atoms with E-state index in [0.29, 0.717) is 39.8 Å². The molecule has 9 heteroatoms. The molecule has 1 atom stereocenters. The molecule has 1 N–H and O–H groups in total. The maximum absolute atomic E-state index is 13.3. The van der Waals surface area contributed by atoms with Gasteiger partial charge >= 0.3 is 12.1 Å². The molecule has 1 fully saturated rings. The molecule has 2 heterocycles. The second-order valence-corrected chi connectivity index (χ2v) is 8.99. The number of benzene rings is 2. The summed E-state index contributed by atoms with van der Waals surface area (Å²) in [4.78, 5) is 31.5. The van der Waals surface area contributed by atoms with Crippen molar-refractivity contribution >= 4 is 23.2 Å². The molecule has 1 aromatic heterocycles. The Morgan fingerprint density at radius 1 is 1.12 bits per heavy atom. The fraction of sp³-hybridized carbons (Fsp3) is 0.292. The summed E-state index contributed by atoms with van der Waals surface area (Å²) in [5.41, 5.74) is 1.26. The summed E-state index contributed by atoms with van der Waals surface area (Å²) >= 11 is 1.16. The topological polar surface area (TPSA) is 70.5 Å². The van der Waals surface area contributed by atoms with E-state index in [1.807, 2.05) is 0 Å². The number of aryl methyl sites for hydroxylation is 1. The van der Waals surface area contributed by atoms with Gasteiger partial charge in [-0.3, -0.25) is 4.79 Å². The van der Waals surface area contributed by atoms with E-state index < -0.39 is 17.7 Å². The number of carboxylic acids is 1. The highest BCUT2D eigenvalue weighted by Gasteiger charge is 2.31. The van der Waals surface area contributed by atoms with Gasteiger partial charge in [-0.1, -0.05) is 30.3 Å². The Bertz CT molecular complexity index is 1190. The zero-order valence-electron chi connectivity index (χ0n) is 17.7. The van der Waals surface area contributed by atoms with Crippen LogP contribution in [0.3, 0.4) is 0 Å². The number of aromatic nitrogens is 1. The van der Waals surface area contributed by atoms with Crippen LogP contribution in [0, 0.1) is 6.92 Å². The monoisotopic (exact) mass is 474 g/mol. The Hall–Kier alpha value is -3.20. The minimum atomic E-state index is -4.41. The highest BCUT2D eigenvalue weighted by atomic mass is 32.1. The van der Waals surface area contributed by atoms with Crippen LogP contribution in [0.4, 0.5) is 13.2 Å². The van der Waals surface area contributed by atoms with Gasteiger partial charge in [-0.05, 0) is 43.5 Å². The van der Waals surface area contributed by atoms with Crippen molar-refractivity contribution < 1.29 is 27.9 Å². The maximum Gasteiger partial charge on any atom is 0.416 e. The number of carboxylic acid groups (broad SMARTS) is 1.